The van der Waals surface area contributed by atoms with Gasteiger partial charge in [0.1, 0.15) is 12.4 Å². The molecule has 2 rings (SSSR count). The monoisotopic (exact) mass is 373 g/mol. The predicted octanol–water partition coefficient (Wildman–Crippen LogP) is 3.26. The van der Waals surface area contributed by atoms with E-state index in [2.05, 4.69) is 0 Å². The zero-order valence-corrected chi connectivity index (χ0v) is 14.4. The Labute approximate surface area is 144 Å². The molecule has 23 heavy (non-hydrogen) atoms. The lowest BCUT2D eigenvalue weighted by Crippen LogP contribution is -2.29. The van der Waals surface area contributed by atoms with Crippen LogP contribution in [0.1, 0.15) is 15.9 Å². The maximum atomic E-state index is 11.7. The Kier molecular flexibility index (Phi) is 5.51. The van der Waals surface area contributed by atoms with Crippen molar-refractivity contribution in [1.82, 2.24) is 4.72 Å². The predicted molar refractivity (Wildman–Crippen MR) is 89.5 cm³/mol. The second kappa shape index (κ2) is 7.21. The molecule has 1 N–H and O–H groups in total. The summed E-state index contributed by atoms with van der Waals surface area (Å²) in [5.41, 5.74) is 1.07. The summed E-state index contributed by atoms with van der Waals surface area (Å²) in [5.74, 6) is -0.157. The maximum absolute atomic E-state index is 11.7. The molecule has 0 aromatic heterocycles. The Morgan fingerprint density at radius 3 is 2.30 bits per heavy atom. The van der Waals surface area contributed by atoms with Gasteiger partial charge in [0.15, 0.2) is 0 Å². The molecule has 0 heterocycles. The van der Waals surface area contributed by atoms with Crippen molar-refractivity contribution in [3.05, 3.63) is 63.6 Å². The van der Waals surface area contributed by atoms with Gasteiger partial charge >= 0.3 is 0 Å². The van der Waals surface area contributed by atoms with Crippen molar-refractivity contribution < 1.29 is 17.9 Å². The first-order chi connectivity index (χ1) is 10.7. The maximum Gasteiger partial charge on any atom is 0.264 e. The number of sulfonamides is 1. The minimum Gasteiger partial charge on any atom is -0.489 e. The Morgan fingerprint density at radius 1 is 1.09 bits per heavy atom. The van der Waals surface area contributed by atoms with Gasteiger partial charge in [-0.1, -0.05) is 29.3 Å². The third kappa shape index (κ3) is 5.42. The molecule has 1 amide bonds. The summed E-state index contributed by atoms with van der Waals surface area (Å²) in [6, 6.07) is 11.3. The quantitative estimate of drug-likeness (QED) is 0.872. The Bertz CT molecular complexity index is 820. The fourth-order valence-corrected chi connectivity index (χ4v) is 2.50. The lowest BCUT2D eigenvalue weighted by Gasteiger charge is -2.08. The van der Waals surface area contributed by atoms with E-state index in [0.717, 1.165) is 11.8 Å². The summed E-state index contributed by atoms with van der Waals surface area (Å²) in [6.07, 6.45) is 0.916. The topological polar surface area (TPSA) is 72.5 Å². The van der Waals surface area contributed by atoms with Gasteiger partial charge in [0.05, 0.1) is 16.3 Å². The summed E-state index contributed by atoms with van der Waals surface area (Å²) in [6.45, 7) is 0.284. The molecule has 0 saturated heterocycles. The van der Waals surface area contributed by atoms with Crippen LogP contribution >= 0.6 is 23.2 Å². The number of carbonyl (C=O) groups excluding carboxylic acids is 1. The summed E-state index contributed by atoms with van der Waals surface area (Å²) >= 11 is 11.8. The third-order valence-corrected chi connectivity index (χ3v) is 4.08. The lowest BCUT2D eigenvalue weighted by molar-refractivity contribution is 0.0981. The number of halogens is 2. The van der Waals surface area contributed by atoms with Crippen LogP contribution in [-0.4, -0.2) is 20.6 Å². The van der Waals surface area contributed by atoms with Gasteiger partial charge in [-0.3, -0.25) is 4.79 Å². The van der Waals surface area contributed by atoms with Crippen LogP contribution in [0.15, 0.2) is 42.5 Å². The van der Waals surface area contributed by atoms with E-state index in [1.165, 1.54) is 12.1 Å². The van der Waals surface area contributed by atoms with Crippen LogP contribution < -0.4 is 9.46 Å². The van der Waals surface area contributed by atoms with Crippen LogP contribution in [0.4, 0.5) is 0 Å². The molecule has 0 radical (unpaired) electrons. The van der Waals surface area contributed by atoms with Crippen LogP contribution in [0.3, 0.4) is 0 Å². The average molecular weight is 374 g/mol. The number of hydrogen-bond donors (Lipinski definition) is 1. The summed E-state index contributed by atoms with van der Waals surface area (Å²) in [5, 5.41) is 0.914. The number of nitrogens with one attached hydrogen (secondary N) is 1. The van der Waals surface area contributed by atoms with Crippen LogP contribution in [0.25, 0.3) is 0 Å². The van der Waals surface area contributed by atoms with Crippen molar-refractivity contribution >= 4 is 39.1 Å². The Balaban J connectivity index is 1.99. The van der Waals surface area contributed by atoms with E-state index in [4.69, 9.17) is 27.9 Å². The largest absolute Gasteiger partial charge is 0.489 e. The highest BCUT2D eigenvalue weighted by Crippen LogP contribution is 2.23. The summed E-state index contributed by atoms with van der Waals surface area (Å²) in [7, 11) is -3.59. The number of amides is 1. The first kappa shape index (κ1) is 17.6. The van der Waals surface area contributed by atoms with Crippen LogP contribution in [-0.2, 0) is 16.6 Å². The van der Waals surface area contributed by atoms with Gasteiger partial charge in [-0.2, -0.15) is 0 Å². The number of carbonyl (C=O) groups is 1. The van der Waals surface area contributed by atoms with E-state index in [-0.39, 0.29) is 12.2 Å². The molecular weight excluding hydrogens is 361 g/mol. The highest BCUT2D eigenvalue weighted by molar-refractivity contribution is 7.89. The fourth-order valence-electron chi connectivity index (χ4n) is 1.73. The minimum atomic E-state index is -3.59. The second-order valence-electron chi connectivity index (χ2n) is 4.76. The molecule has 0 unspecified atom stereocenters. The standard InChI is InChI=1S/C15H13Cl2NO4S/c1-23(20,21)18-15(19)11-3-5-12(6-4-11)22-9-10-2-7-13(16)14(17)8-10/h2-8H,9H2,1H3,(H,18,19). The third-order valence-electron chi connectivity index (χ3n) is 2.78. The van der Waals surface area contributed by atoms with Gasteiger partial charge in [0.2, 0.25) is 10.0 Å². The van der Waals surface area contributed by atoms with Gasteiger partial charge in [-0.15, -0.1) is 0 Å². The first-order valence-corrected chi connectivity index (χ1v) is 9.08. The molecule has 5 nitrogen and oxygen atoms in total. The van der Waals surface area contributed by atoms with Gasteiger partial charge in [-0.25, -0.2) is 13.1 Å². The number of ether oxygens (including phenoxy) is 1. The van der Waals surface area contributed by atoms with E-state index in [1.807, 2.05) is 4.72 Å². The Morgan fingerprint density at radius 2 is 1.74 bits per heavy atom. The van der Waals surface area contributed by atoms with Crippen molar-refractivity contribution in [2.75, 3.05) is 6.26 Å². The number of benzene rings is 2. The molecule has 0 aliphatic heterocycles. The summed E-state index contributed by atoms with van der Waals surface area (Å²) < 4.78 is 29.5. The number of rotatable bonds is 5. The van der Waals surface area contributed by atoms with E-state index in [9.17, 15) is 13.2 Å². The van der Waals surface area contributed by atoms with E-state index in [0.29, 0.717) is 15.8 Å². The van der Waals surface area contributed by atoms with Crippen LogP contribution in [0, 0.1) is 0 Å². The zero-order valence-electron chi connectivity index (χ0n) is 12.0. The molecule has 0 bridgehead atoms. The Hall–Kier alpha value is -1.76. The minimum absolute atomic E-state index is 0.220. The summed E-state index contributed by atoms with van der Waals surface area (Å²) in [4.78, 5) is 11.7. The molecule has 2 aromatic rings. The molecule has 0 fully saturated rings. The van der Waals surface area contributed by atoms with Crippen molar-refractivity contribution in [3.8, 4) is 5.75 Å². The van der Waals surface area contributed by atoms with Gasteiger partial charge in [0, 0.05) is 5.56 Å². The average Bonchev–Trinajstić information content (AvgIpc) is 2.47. The van der Waals surface area contributed by atoms with Crippen LogP contribution in [0.2, 0.25) is 10.0 Å². The number of hydrogen-bond acceptors (Lipinski definition) is 4. The van der Waals surface area contributed by atoms with Gasteiger partial charge in [0.25, 0.3) is 5.91 Å². The molecule has 122 valence electrons. The van der Waals surface area contributed by atoms with Crippen molar-refractivity contribution in [2.45, 2.75) is 6.61 Å². The molecule has 0 atom stereocenters. The molecule has 0 spiro atoms. The first-order valence-electron chi connectivity index (χ1n) is 6.43. The lowest BCUT2D eigenvalue weighted by atomic mass is 10.2. The molecule has 0 saturated carbocycles. The van der Waals surface area contributed by atoms with Crippen molar-refractivity contribution in [1.29, 1.82) is 0 Å². The van der Waals surface area contributed by atoms with Crippen LogP contribution in [0.5, 0.6) is 5.75 Å². The molecule has 0 aliphatic carbocycles. The van der Waals surface area contributed by atoms with Crippen molar-refractivity contribution in [2.24, 2.45) is 0 Å². The smallest absolute Gasteiger partial charge is 0.264 e. The normalized spacial score (nSPS) is 11.1. The SMILES string of the molecule is CS(=O)(=O)NC(=O)c1ccc(OCc2ccc(Cl)c(Cl)c2)cc1. The zero-order chi connectivity index (χ0) is 17.0. The fraction of sp³-hybridized carbons (Fsp3) is 0.133. The van der Waals surface area contributed by atoms with E-state index in [1.54, 1.807) is 30.3 Å². The highest BCUT2D eigenvalue weighted by atomic mass is 35.5. The highest BCUT2D eigenvalue weighted by Gasteiger charge is 2.11. The molecule has 0 aliphatic rings. The van der Waals surface area contributed by atoms with E-state index < -0.39 is 15.9 Å². The van der Waals surface area contributed by atoms with Crippen molar-refractivity contribution in [3.63, 3.8) is 0 Å². The van der Waals surface area contributed by atoms with E-state index >= 15 is 0 Å². The second-order valence-corrected chi connectivity index (χ2v) is 7.33. The molecule has 2 aromatic carbocycles. The van der Waals surface area contributed by atoms with Gasteiger partial charge < -0.3 is 4.74 Å². The van der Waals surface area contributed by atoms with Gasteiger partial charge in [-0.05, 0) is 42.0 Å². The molecule has 8 heteroatoms. The molecular formula is C15H13Cl2NO4S.